The molecule has 0 aromatic heterocycles. The van der Waals surface area contributed by atoms with Crippen molar-refractivity contribution in [1.29, 1.82) is 0 Å². The fourth-order valence-corrected chi connectivity index (χ4v) is 4.33. The van der Waals surface area contributed by atoms with Crippen LogP contribution in [0.15, 0.2) is 18.2 Å². The molecule has 2 aliphatic rings. The Labute approximate surface area is 149 Å². The van der Waals surface area contributed by atoms with E-state index in [2.05, 4.69) is 28.4 Å². The number of piperidine rings is 1. The van der Waals surface area contributed by atoms with Crippen molar-refractivity contribution < 1.29 is 9.90 Å². The second-order valence-corrected chi connectivity index (χ2v) is 7.89. The first-order valence-electron chi connectivity index (χ1n) is 9.02. The molecule has 1 heterocycles. The summed E-state index contributed by atoms with van der Waals surface area (Å²) >= 11 is 1.71. The number of nitrogens with zero attached hydrogens (tertiary/aromatic N) is 1. The lowest BCUT2D eigenvalue weighted by atomic mass is 10.0. The number of benzene rings is 1. The molecule has 1 unspecified atom stereocenters. The maximum absolute atomic E-state index is 11.4. The second kappa shape index (κ2) is 8.26. The number of anilines is 1. The first-order valence-corrected chi connectivity index (χ1v) is 10.4. The molecule has 24 heavy (non-hydrogen) atoms. The molecule has 3 rings (SSSR count). The van der Waals surface area contributed by atoms with E-state index < -0.39 is 12.0 Å². The summed E-state index contributed by atoms with van der Waals surface area (Å²) in [7, 11) is 0. The fraction of sp³-hybridized carbons (Fsp3) is 0.632. The molecule has 1 atom stereocenters. The van der Waals surface area contributed by atoms with Crippen LogP contribution in [0.5, 0.6) is 0 Å². The lowest BCUT2D eigenvalue weighted by Gasteiger charge is -2.35. The number of fused-ring (bicyclic) bond motifs is 1. The van der Waals surface area contributed by atoms with E-state index in [4.69, 9.17) is 0 Å². The average molecular weight is 349 g/mol. The molecular formula is C19H28N2O2S. The summed E-state index contributed by atoms with van der Waals surface area (Å²) in [6.45, 7) is 2.01. The predicted molar refractivity (Wildman–Crippen MR) is 101 cm³/mol. The average Bonchev–Trinajstić information content (AvgIpc) is 3.06. The lowest BCUT2D eigenvalue weighted by molar-refractivity contribution is -0.139. The van der Waals surface area contributed by atoms with Gasteiger partial charge in [-0.05, 0) is 73.8 Å². The summed E-state index contributed by atoms with van der Waals surface area (Å²) in [5.74, 6) is 0.169. The van der Waals surface area contributed by atoms with Gasteiger partial charge < -0.3 is 15.3 Å². The van der Waals surface area contributed by atoms with Crippen molar-refractivity contribution in [3.63, 3.8) is 0 Å². The van der Waals surface area contributed by atoms with E-state index in [1.165, 1.54) is 36.1 Å². The summed E-state index contributed by atoms with van der Waals surface area (Å²) in [5.41, 5.74) is 4.38. The van der Waals surface area contributed by atoms with Crippen LogP contribution in [0.1, 0.15) is 36.8 Å². The summed E-state index contributed by atoms with van der Waals surface area (Å²) in [4.78, 5) is 13.8. The third-order valence-corrected chi connectivity index (χ3v) is 5.93. The Balaban J connectivity index is 1.52. The molecule has 5 heteroatoms. The third kappa shape index (κ3) is 4.25. The molecule has 1 aliphatic heterocycles. The molecule has 0 bridgehead atoms. The van der Waals surface area contributed by atoms with E-state index in [0.29, 0.717) is 12.5 Å². The van der Waals surface area contributed by atoms with Crippen LogP contribution >= 0.6 is 11.8 Å². The van der Waals surface area contributed by atoms with Gasteiger partial charge in [-0.15, -0.1) is 0 Å². The van der Waals surface area contributed by atoms with Gasteiger partial charge >= 0.3 is 5.97 Å². The molecule has 4 nitrogen and oxygen atoms in total. The number of carboxylic acid groups (broad SMARTS) is 1. The third-order valence-electron chi connectivity index (χ3n) is 5.29. The van der Waals surface area contributed by atoms with Gasteiger partial charge in [0.05, 0.1) is 0 Å². The number of thioether (sulfide) groups is 1. The smallest absolute Gasteiger partial charge is 0.320 e. The molecule has 0 saturated carbocycles. The summed E-state index contributed by atoms with van der Waals surface area (Å²) in [6.07, 6.45) is 8.48. The fourth-order valence-electron chi connectivity index (χ4n) is 3.86. The van der Waals surface area contributed by atoms with Crippen LogP contribution < -0.4 is 10.2 Å². The number of carboxylic acids is 1. The molecular weight excluding hydrogens is 320 g/mol. The van der Waals surface area contributed by atoms with Crippen molar-refractivity contribution in [2.24, 2.45) is 0 Å². The highest BCUT2D eigenvalue weighted by Gasteiger charge is 2.25. The molecule has 132 valence electrons. The topological polar surface area (TPSA) is 52.6 Å². The van der Waals surface area contributed by atoms with Crippen molar-refractivity contribution in [2.45, 2.75) is 50.6 Å². The molecule has 0 amide bonds. The molecule has 2 N–H and O–H groups in total. The van der Waals surface area contributed by atoms with Crippen molar-refractivity contribution in [3.05, 3.63) is 29.3 Å². The van der Waals surface area contributed by atoms with Crippen LogP contribution in [0.25, 0.3) is 0 Å². The molecule has 1 saturated heterocycles. The zero-order valence-corrected chi connectivity index (χ0v) is 15.3. The van der Waals surface area contributed by atoms with Gasteiger partial charge in [-0.3, -0.25) is 4.79 Å². The highest BCUT2D eigenvalue weighted by molar-refractivity contribution is 7.98. The first kappa shape index (κ1) is 17.6. The number of nitrogens with one attached hydrogen (secondary N) is 1. The Bertz CT molecular complexity index is 570. The molecule has 1 aromatic rings. The Morgan fingerprint density at radius 3 is 2.79 bits per heavy atom. The number of hydrogen-bond acceptors (Lipinski definition) is 4. The lowest BCUT2D eigenvalue weighted by Crippen LogP contribution is -2.49. The number of rotatable bonds is 7. The molecule has 1 aromatic carbocycles. The number of aryl methyl sites for hydroxylation is 2. The molecule has 1 aliphatic carbocycles. The van der Waals surface area contributed by atoms with Gasteiger partial charge in [0.25, 0.3) is 0 Å². The maximum atomic E-state index is 11.4. The second-order valence-electron chi connectivity index (χ2n) is 6.91. The first-order chi connectivity index (χ1) is 11.7. The van der Waals surface area contributed by atoms with Gasteiger partial charge in [-0.1, -0.05) is 6.07 Å². The zero-order valence-electron chi connectivity index (χ0n) is 14.5. The largest absolute Gasteiger partial charge is 0.480 e. The summed E-state index contributed by atoms with van der Waals surface area (Å²) < 4.78 is 0. The van der Waals surface area contributed by atoms with E-state index in [-0.39, 0.29) is 0 Å². The predicted octanol–water partition coefficient (Wildman–Crippen LogP) is 2.94. The van der Waals surface area contributed by atoms with E-state index in [0.717, 1.165) is 31.7 Å². The van der Waals surface area contributed by atoms with Crippen LogP contribution in [-0.2, 0) is 17.6 Å². The maximum Gasteiger partial charge on any atom is 0.320 e. The van der Waals surface area contributed by atoms with Crippen LogP contribution in [0.2, 0.25) is 0 Å². The van der Waals surface area contributed by atoms with Gasteiger partial charge in [0, 0.05) is 24.8 Å². The number of hydrogen-bond donors (Lipinski definition) is 2. The van der Waals surface area contributed by atoms with Gasteiger partial charge in [-0.2, -0.15) is 11.8 Å². The number of carbonyl (C=O) groups is 1. The van der Waals surface area contributed by atoms with Crippen LogP contribution in [-0.4, -0.2) is 48.3 Å². The quantitative estimate of drug-likeness (QED) is 0.793. The van der Waals surface area contributed by atoms with Crippen LogP contribution in [0.4, 0.5) is 5.69 Å². The molecule has 0 radical (unpaired) electrons. The van der Waals surface area contributed by atoms with Gasteiger partial charge in [0.15, 0.2) is 0 Å². The summed E-state index contributed by atoms with van der Waals surface area (Å²) in [6, 6.07) is 6.84. The van der Waals surface area contributed by atoms with Crippen LogP contribution in [0, 0.1) is 0 Å². The van der Waals surface area contributed by atoms with E-state index in [9.17, 15) is 9.90 Å². The highest BCUT2D eigenvalue weighted by atomic mass is 32.2. The monoisotopic (exact) mass is 348 g/mol. The van der Waals surface area contributed by atoms with Crippen molar-refractivity contribution in [1.82, 2.24) is 5.32 Å². The molecule has 1 fully saturated rings. The summed E-state index contributed by atoms with van der Waals surface area (Å²) in [5, 5.41) is 12.7. The SMILES string of the molecule is CSCCC(NC1CCN(c2ccc3c(c2)CCC3)CC1)C(=O)O. The number of aliphatic carboxylic acids is 1. The minimum Gasteiger partial charge on any atom is -0.480 e. The minimum atomic E-state index is -0.717. The van der Waals surface area contributed by atoms with E-state index >= 15 is 0 Å². The van der Waals surface area contributed by atoms with Gasteiger partial charge in [0.1, 0.15) is 6.04 Å². The Hall–Kier alpha value is -1.20. The Morgan fingerprint density at radius 1 is 1.33 bits per heavy atom. The highest BCUT2D eigenvalue weighted by Crippen LogP contribution is 2.28. The van der Waals surface area contributed by atoms with Crippen LogP contribution in [0.3, 0.4) is 0 Å². The van der Waals surface area contributed by atoms with Gasteiger partial charge in [-0.25, -0.2) is 0 Å². The minimum absolute atomic E-state index is 0.318. The zero-order chi connectivity index (χ0) is 16.9. The Morgan fingerprint density at radius 2 is 2.08 bits per heavy atom. The van der Waals surface area contributed by atoms with Crippen molar-refractivity contribution in [2.75, 3.05) is 30.0 Å². The standard InChI is InChI=1S/C19H28N2O2S/c1-24-12-9-18(19(22)23)20-16-7-10-21(11-8-16)17-6-5-14-3-2-4-15(14)13-17/h5-6,13,16,18,20H,2-4,7-12H2,1H3,(H,22,23). The normalized spacial score (nSPS) is 19.3. The Kier molecular flexibility index (Phi) is 6.06. The van der Waals surface area contributed by atoms with Crippen molar-refractivity contribution in [3.8, 4) is 0 Å². The molecule has 0 spiro atoms. The van der Waals surface area contributed by atoms with E-state index in [1.807, 2.05) is 6.26 Å². The van der Waals surface area contributed by atoms with Gasteiger partial charge in [0.2, 0.25) is 0 Å². The van der Waals surface area contributed by atoms with E-state index in [1.54, 1.807) is 11.8 Å². The van der Waals surface area contributed by atoms with Crippen molar-refractivity contribution >= 4 is 23.4 Å².